The highest BCUT2D eigenvalue weighted by atomic mass is 16.3. The summed E-state index contributed by atoms with van der Waals surface area (Å²) >= 11 is 0. The van der Waals surface area contributed by atoms with E-state index in [0.717, 1.165) is 45.3 Å². The largest absolute Gasteiger partial charge is 0.389 e. The van der Waals surface area contributed by atoms with Crippen LogP contribution in [0.3, 0.4) is 0 Å². The molecule has 0 aromatic carbocycles. The van der Waals surface area contributed by atoms with Crippen molar-refractivity contribution in [2.45, 2.75) is 44.1 Å². The van der Waals surface area contributed by atoms with Crippen LogP contribution < -0.4 is 11.1 Å². The van der Waals surface area contributed by atoms with Crippen molar-refractivity contribution in [2.75, 3.05) is 19.6 Å². The summed E-state index contributed by atoms with van der Waals surface area (Å²) in [7, 11) is 0. The third-order valence-corrected chi connectivity index (χ3v) is 2.80. The highest BCUT2D eigenvalue weighted by molar-refractivity contribution is 4.85. The van der Waals surface area contributed by atoms with Crippen molar-refractivity contribution < 1.29 is 5.11 Å². The quantitative estimate of drug-likeness (QED) is 0.533. The van der Waals surface area contributed by atoms with Crippen molar-refractivity contribution in [3.05, 3.63) is 0 Å². The molecule has 0 aromatic rings. The van der Waals surface area contributed by atoms with Gasteiger partial charge in [-0.3, -0.25) is 0 Å². The standard InChI is InChI=1S/C10H22N2O/c11-7-3-4-8-12-9-10(13)5-1-2-6-10/h12-13H,1-9,11H2. The number of nitrogens with two attached hydrogens (primary N) is 1. The Balaban J connectivity index is 1.98. The van der Waals surface area contributed by atoms with Gasteiger partial charge >= 0.3 is 0 Å². The van der Waals surface area contributed by atoms with Crippen LogP contribution in [0.2, 0.25) is 0 Å². The van der Waals surface area contributed by atoms with Gasteiger partial charge in [-0.05, 0) is 38.8 Å². The van der Waals surface area contributed by atoms with E-state index >= 15 is 0 Å². The molecule has 0 heterocycles. The predicted molar refractivity (Wildman–Crippen MR) is 54.6 cm³/mol. The minimum absolute atomic E-state index is 0.400. The summed E-state index contributed by atoms with van der Waals surface area (Å²) in [5, 5.41) is 13.3. The number of nitrogens with one attached hydrogen (secondary N) is 1. The van der Waals surface area contributed by atoms with Gasteiger partial charge in [-0.15, -0.1) is 0 Å². The monoisotopic (exact) mass is 186 g/mol. The van der Waals surface area contributed by atoms with Crippen molar-refractivity contribution in [3.8, 4) is 0 Å². The van der Waals surface area contributed by atoms with Crippen LogP contribution in [0.25, 0.3) is 0 Å². The lowest BCUT2D eigenvalue weighted by Crippen LogP contribution is -2.38. The second-order valence-electron chi connectivity index (χ2n) is 4.10. The van der Waals surface area contributed by atoms with E-state index in [2.05, 4.69) is 5.32 Å². The average molecular weight is 186 g/mol. The number of rotatable bonds is 6. The molecular weight excluding hydrogens is 164 g/mol. The van der Waals surface area contributed by atoms with E-state index in [4.69, 9.17) is 5.73 Å². The Hall–Kier alpha value is -0.120. The summed E-state index contributed by atoms with van der Waals surface area (Å²) in [5.74, 6) is 0. The van der Waals surface area contributed by atoms with Crippen LogP contribution in [0.1, 0.15) is 38.5 Å². The molecule has 0 bridgehead atoms. The van der Waals surface area contributed by atoms with E-state index in [0.29, 0.717) is 0 Å². The lowest BCUT2D eigenvalue weighted by atomic mass is 10.0. The number of aliphatic hydroxyl groups is 1. The van der Waals surface area contributed by atoms with Gasteiger partial charge in [0.25, 0.3) is 0 Å². The lowest BCUT2D eigenvalue weighted by Gasteiger charge is -2.22. The van der Waals surface area contributed by atoms with Gasteiger partial charge in [0.2, 0.25) is 0 Å². The maximum atomic E-state index is 9.96. The Labute approximate surface area is 80.7 Å². The Morgan fingerprint density at radius 2 is 1.92 bits per heavy atom. The molecule has 1 aliphatic rings. The number of unbranched alkanes of at least 4 members (excludes halogenated alkanes) is 1. The van der Waals surface area contributed by atoms with Crippen LogP contribution in [0.5, 0.6) is 0 Å². The smallest absolute Gasteiger partial charge is 0.0771 e. The predicted octanol–water partition coefficient (Wildman–Crippen LogP) is 0.620. The van der Waals surface area contributed by atoms with E-state index in [-0.39, 0.29) is 0 Å². The Kier molecular flexibility index (Phi) is 4.70. The SMILES string of the molecule is NCCCCNCC1(O)CCCC1. The molecule has 4 N–H and O–H groups in total. The number of hydrogen-bond donors (Lipinski definition) is 3. The molecule has 0 atom stereocenters. The van der Waals surface area contributed by atoms with Gasteiger partial charge in [-0.25, -0.2) is 0 Å². The Morgan fingerprint density at radius 3 is 2.54 bits per heavy atom. The molecule has 1 saturated carbocycles. The van der Waals surface area contributed by atoms with E-state index < -0.39 is 5.60 Å². The van der Waals surface area contributed by atoms with Gasteiger partial charge in [0.1, 0.15) is 0 Å². The normalized spacial score (nSPS) is 20.8. The summed E-state index contributed by atoms with van der Waals surface area (Å²) in [6.45, 7) is 2.52. The Morgan fingerprint density at radius 1 is 1.23 bits per heavy atom. The molecule has 1 fully saturated rings. The third-order valence-electron chi connectivity index (χ3n) is 2.80. The summed E-state index contributed by atoms with van der Waals surface area (Å²) in [6, 6.07) is 0. The molecule has 0 saturated heterocycles. The van der Waals surface area contributed by atoms with Gasteiger partial charge < -0.3 is 16.2 Å². The van der Waals surface area contributed by atoms with Crippen molar-refractivity contribution in [2.24, 2.45) is 5.73 Å². The summed E-state index contributed by atoms with van der Waals surface area (Å²) in [5.41, 5.74) is 4.98. The highest BCUT2D eigenvalue weighted by Gasteiger charge is 2.30. The highest BCUT2D eigenvalue weighted by Crippen LogP contribution is 2.28. The van der Waals surface area contributed by atoms with Gasteiger partial charge in [0.05, 0.1) is 5.60 Å². The van der Waals surface area contributed by atoms with Gasteiger partial charge in [0.15, 0.2) is 0 Å². The van der Waals surface area contributed by atoms with Crippen LogP contribution >= 0.6 is 0 Å². The van der Waals surface area contributed by atoms with Crippen molar-refractivity contribution in [1.29, 1.82) is 0 Å². The third kappa shape index (κ3) is 4.07. The van der Waals surface area contributed by atoms with Crippen LogP contribution in [-0.4, -0.2) is 30.3 Å². The first kappa shape index (κ1) is 11.0. The molecule has 1 rings (SSSR count). The van der Waals surface area contributed by atoms with E-state index in [1.54, 1.807) is 0 Å². The second-order valence-corrected chi connectivity index (χ2v) is 4.10. The van der Waals surface area contributed by atoms with Crippen LogP contribution in [-0.2, 0) is 0 Å². The fourth-order valence-electron chi connectivity index (χ4n) is 1.93. The molecule has 0 radical (unpaired) electrons. The molecule has 0 spiro atoms. The van der Waals surface area contributed by atoms with Gasteiger partial charge in [-0.2, -0.15) is 0 Å². The molecule has 0 aliphatic heterocycles. The lowest BCUT2D eigenvalue weighted by molar-refractivity contribution is 0.0479. The summed E-state index contributed by atoms with van der Waals surface area (Å²) in [6.07, 6.45) is 6.49. The minimum atomic E-state index is -0.400. The average Bonchev–Trinajstić information content (AvgIpc) is 2.53. The molecule has 78 valence electrons. The maximum Gasteiger partial charge on any atom is 0.0771 e. The maximum absolute atomic E-state index is 9.96. The first-order valence-electron chi connectivity index (χ1n) is 5.40. The minimum Gasteiger partial charge on any atom is -0.389 e. The molecule has 3 nitrogen and oxygen atoms in total. The molecular formula is C10H22N2O. The zero-order valence-corrected chi connectivity index (χ0v) is 8.39. The van der Waals surface area contributed by atoms with E-state index in [1.807, 2.05) is 0 Å². The molecule has 0 unspecified atom stereocenters. The van der Waals surface area contributed by atoms with Crippen molar-refractivity contribution in [1.82, 2.24) is 5.32 Å². The van der Waals surface area contributed by atoms with E-state index in [1.165, 1.54) is 12.8 Å². The molecule has 0 amide bonds. The molecule has 13 heavy (non-hydrogen) atoms. The van der Waals surface area contributed by atoms with Crippen LogP contribution in [0.4, 0.5) is 0 Å². The topological polar surface area (TPSA) is 58.3 Å². The zero-order chi connectivity index (χ0) is 9.57. The fraction of sp³-hybridized carbons (Fsp3) is 1.00. The molecule has 1 aliphatic carbocycles. The van der Waals surface area contributed by atoms with Crippen molar-refractivity contribution in [3.63, 3.8) is 0 Å². The molecule has 0 aromatic heterocycles. The number of hydrogen-bond acceptors (Lipinski definition) is 3. The van der Waals surface area contributed by atoms with E-state index in [9.17, 15) is 5.11 Å². The Bertz CT molecular complexity index is 133. The second kappa shape index (κ2) is 5.58. The first-order valence-corrected chi connectivity index (χ1v) is 5.40. The summed E-state index contributed by atoms with van der Waals surface area (Å²) < 4.78 is 0. The molecule has 3 heteroatoms. The van der Waals surface area contributed by atoms with Crippen LogP contribution in [0.15, 0.2) is 0 Å². The van der Waals surface area contributed by atoms with Crippen molar-refractivity contribution >= 4 is 0 Å². The van der Waals surface area contributed by atoms with Crippen LogP contribution in [0, 0.1) is 0 Å². The first-order chi connectivity index (χ1) is 6.27. The van der Waals surface area contributed by atoms with Gasteiger partial charge in [-0.1, -0.05) is 12.8 Å². The van der Waals surface area contributed by atoms with Gasteiger partial charge in [0, 0.05) is 6.54 Å². The fourth-order valence-corrected chi connectivity index (χ4v) is 1.93. The zero-order valence-electron chi connectivity index (χ0n) is 8.39. The summed E-state index contributed by atoms with van der Waals surface area (Å²) in [4.78, 5) is 0.